The standard InChI is InChI=1S/C14H23N3O/c1-14(2,3)6-7-17-13(18)8-12(10-16-17)15-9-11-4-5-11/h8,10-11,15H,4-7,9H2,1-3H3. The van der Waals surface area contributed by atoms with Gasteiger partial charge in [-0.25, -0.2) is 4.68 Å². The fraction of sp³-hybridized carbons (Fsp3) is 0.714. The maximum atomic E-state index is 11.9. The largest absolute Gasteiger partial charge is 0.383 e. The van der Waals surface area contributed by atoms with Gasteiger partial charge in [-0.2, -0.15) is 5.10 Å². The molecule has 1 saturated carbocycles. The average Bonchev–Trinajstić information content (AvgIpc) is 3.07. The van der Waals surface area contributed by atoms with Crippen LogP contribution in [0.4, 0.5) is 5.69 Å². The molecule has 0 atom stereocenters. The molecule has 0 radical (unpaired) electrons. The molecule has 18 heavy (non-hydrogen) atoms. The number of aromatic nitrogens is 2. The maximum absolute atomic E-state index is 11.9. The average molecular weight is 249 g/mol. The molecule has 0 unspecified atom stereocenters. The van der Waals surface area contributed by atoms with Crippen LogP contribution in [0.3, 0.4) is 0 Å². The van der Waals surface area contributed by atoms with Crippen LogP contribution in [0.15, 0.2) is 17.1 Å². The Bertz CT molecular complexity index is 455. The topological polar surface area (TPSA) is 46.9 Å². The lowest BCUT2D eigenvalue weighted by Gasteiger charge is -2.18. The molecule has 1 aromatic rings. The molecule has 0 amide bonds. The molecule has 0 bridgehead atoms. The van der Waals surface area contributed by atoms with E-state index in [0.717, 1.165) is 24.6 Å². The van der Waals surface area contributed by atoms with E-state index in [9.17, 15) is 4.79 Å². The number of nitrogens with one attached hydrogen (secondary N) is 1. The van der Waals surface area contributed by atoms with Gasteiger partial charge in [-0.05, 0) is 30.6 Å². The number of aryl methyl sites for hydroxylation is 1. The number of hydrogen-bond donors (Lipinski definition) is 1. The van der Waals surface area contributed by atoms with Gasteiger partial charge in [0.2, 0.25) is 0 Å². The van der Waals surface area contributed by atoms with Crippen LogP contribution in [0.1, 0.15) is 40.0 Å². The molecule has 100 valence electrons. The van der Waals surface area contributed by atoms with Gasteiger partial charge in [0, 0.05) is 19.2 Å². The summed E-state index contributed by atoms with van der Waals surface area (Å²) in [7, 11) is 0. The van der Waals surface area contributed by atoms with E-state index in [-0.39, 0.29) is 11.0 Å². The van der Waals surface area contributed by atoms with Crippen LogP contribution in [0.5, 0.6) is 0 Å². The highest BCUT2D eigenvalue weighted by molar-refractivity contribution is 5.38. The van der Waals surface area contributed by atoms with Crippen molar-refractivity contribution >= 4 is 5.69 Å². The zero-order valence-electron chi connectivity index (χ0n) is 11.6. The van der Waals surface area contributed by atoms with Gasteiger partial charge in [-0.1, -0.05) is 20.8 Å². The fourth-order valence-corrected chi connectivity index (χ4v) is 1.72. The molecule has 1 N–H and O–H groups in total. The highest BCUT2D eigenvalue weighted by Gasteiger charge is 2.20. The maximum Gasteiger partial charge on any atom is 0.268 e. The first-order valence-electron chi connectivity index (χ1n) is 6.75. The fourth-order valence-electron chi connectivity index (χ4n) is 1.72. The zero-order valence-corrected chi connectivity index (χ0v) is 11.6. The third kappa shape index (κ3) is 4.17. The van der Waals surface area contributed by atoms with Crippen LogP contribution in [0.25, 0.3) is 0 Å². The lowest BCUT2D eigenvalue weighted by molar-refractivity contribution is 0.336. The molecule has 0 aliphatic heterocycles. The van der Waals surface area contributed by atoms with Crippen molar-refractivity contribution in [2.45, 2.75) is 46.6 Å². The predicted molar refractivity (Wildman–Crippen MR) is 73.8 cm³/mol. The Morgan fingerprint density at radius 1 is 1.44 bits per heavy atom. The van der Waals surface area contributed by atoms with E-state index >= 15 is 0 Å². The summed E-state index contributed by atoms with van der Waals surface area (Å²) in [6.45, 7) is 8.16. The first kappa shape index (κ1) is 13.1. The predicted octanol–water partition coefficient (Wildman–Crippen LogP) is 2.50. The number of rotatable bonds is 5. The Labute approximate surface area is 108 Å². The molecule has 4 heteroatoms. The Morgan fingerprint density at radius 2 is 2.17 bits per heavy atom. The normalized spacial score (nSPS) is 15.7. The van der Waals surface area contributed by atoms with Crippen LogP contribution in [-0.2, 0) is 6.54 Å². The molecule has 0 spiro atoms. The molecule has 4 nitrogen and oxygen atoms in total. The van der Waals surface area contributed by atoms with Crippen LogP contribution < -0.4 is 10.9 Å². The highest BCUT2D eigenvalue weighted by Crippen LogP contribution is 2.28. The second-order valence-corrected chi connectivity index (χ2v) is 6.44. The highest BCUT2D eigenvalue weighted by atomic mass is 16.1. The summed E-state index contributed by atoms with van der Waals surface area (Å²) in [6.07, 6.45) is 5.33. The second kappa shape index (κ2) is 5.12. The van der Waals surface area contributed by atoms with Gasteiger partial charge in [0.25, 0.3) is 5.56 Å². The van der Waals surface area contributed by atoms with Gasteiger partial charge in [0.05, 0.1) is 11.9 Å². The van der Waals surface area contributed by atoms with Crippen LogP contribution in [0.2, 0.25) is 0 Å². The smallest absolute Gasteiger partial charge is 0.268 e. The van der Waals surface area contributed by atoms with Crippen molar-refractivity contribution in [2.75, 3.05) is 11.9 Å². The van der Waals surface area contributed by atoms with Crippen molar-refractivity contribution in [1.29, 1.82) is 0 Å². The minimum Gasteiger partial charge on any atom is -0.383 e. The molecule has 1 aromatic heterocycles. The molecule has 1 aliphatic carbocycles. The molecule has 0 saturated heterocycles. The van der Waals surface area contributed by atoms with Gasteiger partial charge in [-0.3, -0.25) is 4.79 Å². The summed E-state index contributed by atoms with van der Waals surface area (Å²) in [5.41, 5.74) is 1.06. The lowest BCUT2D eigenvalue weighted by Crippen LogP contribution is -2.25. The molecule has 1 heterocycles. The van der Waals surface area contributed by atoms with Crippen molar-refractivity contribution in [3.63, 3.8) is 0 Å². The van der Waals surface area contributed by atoms with Crippen LogP contribution >= 0.6 is 0 Å². The molecular weight excluding hydrogens is 226 g/mol. The van der Waals surface area contributed by atoms with Crippen LogP contribution in [0, 0.1) is 11.3 Å². The second-order valence-electron chi connectivity index (χ2n) is 6.44. The third-order valence-electron chi connectivity index (χ3n) is 3.23. The summed E-state index contributed by atoms with van der Waals surface area (Å²) >= 11 is 0. The summed E-state index contributed by atoms with van der Waals surface area (Å²) in [5, 5.41) is 7.49. The lowest BCUT2D eigenvalue weighted by atomic mass is 9.92. The first-order chi connectivity index (χ1) is 8.44. The van der Waals surface area contributed by atoms with Crippen molar-refractivity contribution < 1.29 is 0 Å². The first-order valence-corrected chi connectivity index (χ1v) is 6.75. The molecule has 2 rings (SSSR count). The summed E-state index contributed by atoms with van der Waals surface area (Å²) < 4.78 is 1.55. The van der Waals surface area contributed by atoms with E-state index in [2.05, 4.69) is 31.2 Å². The molecular formula is C14H23N3O. The molecule has 1 aliphatic rings. The Hall–Kier alpha value is -1.32. The minimum absolute atomic E-state index is 0.0138. The van der Waals surface area contributed by atoms with E-state index in [1.165, 1.54) is 12.8 Å². The van der Waals surface area contributed by atoms with Crippen molar-refractivity contribution in [2.24, 2.45) is 11.3 Å². The Balaban J connectivity index is 1.93. The Kier molecular flexibility index (Phi) is 3.73. The van der Waals surface area contributed by atoms with Crippen molar-refractivity contribution in [3.05, 3.63) is 22.6 Å². The van der Waals surface area contributed by atoms with Crippen molar-refractivity contribution in [3.8, 4) is 0 Å². The van der Waals surface area contributed by atoms with Gasteiger partial charge >= 0.3 is 0 Å². The van der Waals surface area contributed by atoms with Gasteiger partial charge < -0.3 is 5.32 Å². The quantitative estimate of drug-likeness (QED) is 0.872. The number of hydrogen-bond acceptors (Lipinski definition) is 3. The minimum atomic E-state index is -0.0138. The molecule has 1 fully saturated rings. The van der Waals surface area contributed by atoms with E-state index < -0.39 is 0 Å². The van der Waals surface area contributed by atoms with E-state index in [1.54, 1.807) is 16.9 Å². The van der Waals surface area contributed by atoms with Gasteiger partial charge in [0.1, 0.15) is 0 Å². The van der Waals surface area contributed by atoms with Crippen LogP contribution in [-0.4, -0.2) is 16.3 Å². The molecule has 0 aromatic carbocycles. The summed E-state index contributed by atoms with van der Waals surface area (Å²) in [4.78, 5) is 11.9. The zero-order chi connectivity index (χ0) is 13.2. The monoisotopic (exact) mass is 249 g/mol. The van der Waals surface area contributed by atoms with E-state index in [4.69, 9.17) is 0 Å². The Morgan fingerprint density at radius 3 is 2.72 bits per heavy atom. The SMILES string of the molecule is CC(C)(C)CCn1ncc(NCC2CC2)cc1=O. The van der Waals surface area contributed by atoms with Gasteiger partial charge in [-0.15, -0.1) is 0 Å². The number of nitrogens with zero attached hydrogens (tertiary/aromatic N) is 2. The van der Waals surface area contributed by atoms with Crippen molar-refractivity contribution in [1.82, 2.24) is 9.78 Å². The van der Waals surface area contributed by atoms with Gasteiger partial charge in [0.15, 0.2) is 0 Å². The van der Waals surface area contributed by atoms with E-state index in [1.807, 2.05) is 0 Å². The summed E-state index contributed by atoms with van der Waals surface area (Å²) in [5.74, 6) is 0.799. The third-order valence-corrected chi connectivity index (χ3v) is 3.23. The van der Waals surface area contributed by atoms with E-state index in [0.29, 0.717) is 6.54 Å². The summed E-state index contributed by atoms with van der Waals surface area (Å²) in [6, 6.07) is 1.65. The number of anilines is 1.